The summed E-state index contributed by atoms with van der Waals surface area (Å²) in [5, 5.41) is 0.225. The zero-order valence-electron chi connectivity index (χ0n) is 11.9. The van der Waals surface area contributed by atoms with E-state index in [-0.39, 0.29) is 15.6 Å². The monoisotopic (exact) mass is 357 g/mol. The Morgan fingerprint density at radius 1 is 1.04 bits per heavy atom. The Morgan fingerprint density at radius 3 is 2.57 bits per heavy atom. The van der Waals surface area contributed by atoms with Crippen molar-refractivity contribution in [2.75, 3.05) is 17.9 Å². The van der Waals surface area contributed by atoms with Gasteiger partial charge in [-0.05, 0) is 30.3 Å². The van der Waals surface area contributed by atoms with Crippen molar-refractivity contribution < 1.29 is 22.3 Å². The van der Waals surface area contributed by atoms with Crippen molar-refractivity contribution in [2.45, 2.75) is 11.3 Å². The summed E-state index contributed by atoms with van der Waals surface area (Å²) in [6.45, 7) is 0.942. The lowest BCUT2D eigenvalue weighted by molar-refractivity contribution is 0.297. The second kappa shape index (κ2) is 6.25. The molecule has 0 aromatic heterocycles. The molecule has 0 fully saturated rings. The quantitative estimate of drug-likeness (QED) is 0.913. The van der Waals surface area contributed by atoms with Crippen LogP contribution in [0.4, 0.5) is 10.1 Å². The molecule has 1 N–H and O–H groups in total. The maximum Gasteiger partial charge on any atom is 0.262 e. The summed E-state index contributed by atoms with van der Waals surface area (Å²) in [6.07, 6.45) is 0.711. The van der Waals surface area contributed by atoms with Gasteiger partial charge in [-0.15, -0.1) is 0 Å². The van der Waals surface area contributed by atoms with Crippen molar-refractivity contribution in [3.8, 4) is 11.5 Å². The number of rotatable bonds is 3. The van der Waals surface area contributed by atoms with Crippen molar-refractivity contribution in [1.29, 1.82) is 0 Å². The minimum Gasteiger partial charge on any atom is -0.490 e. The first-order valence-corrected chi connectivity index (χ1v) is 8.69. The van der Waals surface area contributed by atoms with E-state index in [9.17, 15) is 12.8 Å². The third-order valence-electron chi connectivity index (χ3n) is 3.20. The van der Waals surface area contributed by atoms with E-state index in [4.69, 9.17) is 21.1 Å². The average molecular weight is 358 g/mol. The lowest BCUT2D eigenvalue weighted by Crippen LogP contribution is -2.14. The number of hydrogen-bond acceptors (Lipinski definition) is 4. The van der Waals surface area contributed by atoms with E-state index in [2.05, 4.69) is 4.72 Å². The van der Waals surface area contributed by atoms with Crippen LogP contribution in [0.3, 0.4) is 0 Å². The van der Waals surface area contributed by atoms with Crippen molar-refractivity contribution in [3.05, 3.63) is 47.2 Å². The van der Waals surface area contributed by atoms with E-state index in [0.717, 1.165) is 6.07 Å². The fraction of sp³-hybridized carbons (Fsp3) is 0.200. The van der Waals surface area contributed by atoms with Crippen LogP contribution < -0.4 is 14.2 Å². The predicted octanol–water partition coefficient (Wildman–Crippen LogP) is 3.44. The molecule has 1 heterocycles. The van der Waals surface area contributed by atoms with Crippen LogP contribution in [0.5, 0.6) is 11.5 Å². The standard InChI is InChI=1S/C15H13ClFNO4S/c16-10-2-4-12(17)13(8-10)18-23(19,20)11-3-5-14-15(9-11)22-7-1-6-21-14/h2-5,8-9,18H,1,6-7H2. The van der Waals surface area contributed by atoms with Gasteiger partial charge in [0.15, 0.2) is 11.5 Å². The van der Waals surface area contributed by atoms with E-state index in [1.165, 1.54) is 30.3 Å². The van der Waals surface area contributed by atoms with Crippen LogP contribution in [-0.2, 0) is 10.0 Å². The number of fused-ring (bicyclic) bond motifs is 1. The normalized spacial score (nSPS) is 14.2. The first-order valence-electron chi connectivity index (χ1n) is 6.83. The van der Waals surface area contributed by atoms with Crippen molar-refractivity contribution in [3.63, 3.8) is 0 Å². The molecule has 1 aliphatic rings. The molecule has 0 aliphatic carbocycles. The van der Waals surface area contributed by atoms with Crippen molar-refractivity contribution in [1.82, 2.24) is 0 Å². The Bertz CT molecular complexity index is 841. The van der Waals surface area contributed by atoms with Gasteiger partial charge < -0.3 is 9.47 Å². The highest BCUT2D eigenvalue weighted by molar-refractivity contribution is 7.92. The summed E-state index contributed by atoms with van der Waals surface area (Å²) in [4.78, 5) is -0.0545. The molecular formula is C15H13ClFNO4S. The molecule has 0 amide bonds. The molecule has 2 aromatic rings. The van der Waals surface area contributed by atoms with Gasteiger partial charge in [-0.1, -0.05) is 11.6 Å². The highest BCUT2D eigenvalue weighted by Crippen LogP contribution is 2.32. The topological polar surface area (TPSA) is 64.6 Å². The minimum absolute atomic E-state index is 0.0545. The Morgan fingerprint density at radius 2 is 1.78 bits per heavy atom. The SMILES string of the molecule is O=S(=O)(Nc1cc(Cl)ccc1F)c1ccc2c(c1)OCCCO2. The Kier molecular flexibility index (Phi) is 4.32. The molecule has 3 rings (SSSR count). The third kappa shape index (κ3) is 3.51. The van der Waals surface area contributed by atoms with E-state index < -0.39 is 15.8 Å². The lowest BCUT2D eigenvalue weighted by Gasteiger charge is -2.12. The largest absolute Gasteiger partial charge is 0.490 e. The molecule has 122 valence electrons. The minimum atomic E-state index is -3.98. The number of sulfonamides is 1. The van der Waals surface area contributed by atoms with Crippen LogP contribution >= 0.6 is 11.6 Å². The Labute approximate surface area is 138 Å². The van der Waals surface area contributed by atoms with Gasteiger partial charge in [0.25, 0.3) is 10.0 Å². The summed E-state index contributed by atoms with van der Waals surface area (Å²) >= 11 is 5.77. The molecule has 0 unspecified atom stereocenters. The van der Waals surface area contributed by atoms with Crippen LogP contribution in [0.15, 0.2) is 41.3 Å². The van der Waals surface area contributed by atoms with Gasteiger partial charge in [-0.3, -0.25) is 4.72 Å². The van der Waals surface area contributed by atoms with Gasteiger partial charge in [-0.25, -0.2) is 12.8 Å². The molecule has 0 saturated heterocycles. The van der Waals surface area contributed by atoms with Gasteiger partial charge >= 0.3 is 0 Å². The van der Waals surface area contributed by atoms with Gasteiger partial charge in [-0.2, -0.15) is 0 Å². The molecule has 0 spiro atoms. The molecule has 0 bridgehead atoms. The number of halogens is 2. The van der Waals surface area contributed by atoms with Gasteiger partial charge in [0.2, 0.25) is 0 Å². The number of anilines is 1. The van der Waals surface area contributed by atoms with Gasteiger partial charge in [0.1, 0.15) is 5.82 Å². The highest BCUT2D eigenvalue weighted by Gasteiger charge is 2.20. The Hall–Kier alpha value is -1.99. The fourth-order valence-electron chi connectivity index (χ4n) is 2.09. The first kappa shape index (κ1) is 15.9. The summed E-state index contributed by atoms with van der Waals surface area (Å²) in [5.74, 6) is 0.111. The van der Waals surface area contributed by atoms with Crippen LogP contribution in [0, 0.1) is 5.82 Å². The van der Waals surface area contributed by atoms with E-state index in [1.54, 1.807) is 0 Å². The van der Waals surface area contributed by atoms with Gasteiger partial charge in [0.05, 0.1) is 23.8 Å². The summed E-state index contributed by atoms with van der Waals surface area (Å²) in [5.41, 5.74) is -0.218. The van der Waals surface area contributed by atoms with Crippen LogP contribution in [0.25, 0.3) is 0 Å². The number of ether oxygens (including phenoxy) is 2. The molecule has 8 heteroatoms. The maximum absolute atomic E-state index is 13.7. The Balaban J connectivity index is 1.93. The van der Waals surface area contributed by atoms with Crippen LogP contribution in [-0.4, -0.2) is 21.6 Å². The summed E-state index contributed by atoms with van der Waals surface area (Å²) in [7, 11) is -3.98. The van der Waals surface area contributed by atoms with E-state index >= 15 is 0 Å². The molecular weight excluding hydrogens is 345 g/mol. The molecule has 23 heavy (non-hydrogen) atoms. The summed E-state index contributed by atoms with van der Waals surface area (Å²) in [6, 6.07) is 7.88. The first-order chi connectivity index (χ1) is 11.0. The van der Waals surface area contributed by atoms with Crippen LogP contribution in [0.2, 0.25) is 5.02 Å². The molecule has 0 radical (unpaired) electrons. The zero-order chi connectivity index (χ0) is 16.4. The van der Waals surface area contributed by atoms with Gasteiger partial charge in [0, 0.05) is 17.5 Å². The molecule has 0 saturated carbocycles. The molecule has 5 nitrogen and oxygen atoms in total. The number of nitrogens with one attached hydrogen (secondary N) is 1. The number of hydrogen-bond donors (Lipinski definition) is 1. The van der Waals surface area contributed by atoms with Crippen molar-refractivity contribution in [2.24, 2.45) is 0 Å². The predicted molar refractivity (Wildman–Crippen MR) is 84.3 cm³/mol. The zero-order valence-corrected chi connectivity index (χ0v) is 13.5. The molecule has 0 atom stereocenters. The van der Waals surface area contributed by atoms with Crippen LogP contribution in [0.1, 0.15) is 6.42 Å². The van der Waals surface area contributed by atoms with E-state index in [0.29, 0.717) is 31.1 Å². The molecule has 2 aromatic carbocycles. The average Bonchev–Trinajstić information content (AvgIpc) is 2.75. The second-order valence-corrected chi connectivity index (χ2v) is 7.01. The smallest absolute Gasteiger partial charge is 0.262 e. The summed E-state index contributed by atoms with van der Waals surface area (Å²) < 4.78 is 51.7. The maximum atomic E-state index is 13.7. The van der Waals surface area contributed by atoms with E-state index in [1.807, 2.05) is 0 Å². The molecule has 1 aliphatic heterocycles. The van der Waals surface area contributed by atoms with Crippen molar-refractivity contribution >= 4 is 27.3 Å². The second-order valence-electron chi connectivity index (χ2n) is 4.89. The fourth-order valence-corrected chi connectivity index (χ4v) is 3.34. The lowest BCUT2D eigenvalue weighted by atomic mass is 10.3. The number of benzene rings is 2. The highest BCUT2D eigenvalue weighted by atomic mass is 35.5. The third-order valence-corrected chi connectivity index (χ3v) is 4.80.